The van der Waals surface area contributed by atoms with Crippen LogP contribution in [0.2, 0.25) is 0 Å². The molecule has 1 unspecified atom stereocenters. The number of aliphatic hydroxyl groups is 1. The van der Waals surface area contributed by atoms with Crippen molar-refractivity contribution in [1.82, 2.24) is 5.32 Å². The van der Waals surface area contributed by atoms with Crippen molar-refractivity contribution in [1.29, 1.82) is 0 Å². The standard InChI is InChI=1S/C5H10N4OS/c6-9-8-3-4(10)5-7-1-2-11-5/h4-5,7,10H,1-3H2/t4-,5?/m1/s1. The first-order chi connectivity index (χ1) is 5.34. The van der Waals surface area contributed by atoms with Gasteiger partial charge in [-0.3, -0.25) is 0 Å². The summed E-state index contributed by atoms with van der Waals surface area (Å²) in [6, 6.07) is 0. The molecule has 0 saturated carbocycles. The molecule has 0 aromatic rings. The Morgan fingerprint density at radius 3 is 3.27 bits per heavy atom. The molecule has 0 bridgehead atoms. The molecule has 1 saturated heterocycles. The molecule has 0 amide bonds. The predicted molar refractivity (Wildman–Crippen MR) is 44.3 cm³/mol. The summed E-state index contributed by atoms with van der Waals surface area (Å²) in [5.74, 6) is 1.01. The molecule has 0 aliphatic carbocycles. The van der Waals surface area contributed by atoms with E-state index in [0.29, 0.717) is 0 Å². The molecule has 1 aliphatic heterocycles. The van der Waals surface area contributed by atoms with Crippen LogP contribution in [0.1, 0.15) is 0 Å². The van der Waals surface area contributed by atoms with Gasteiger partial charge in [-0.2, -0.15) is 0 Å². The summed E-state index contributed by atoms with van der Waals surface area (Å²) < 4.78 is 0. The Morgan fingerprint density at radius 1 is 1.91 bits per heavy atom. The van der Waals surface area contributed by atoms with Gasteiger partial charge < -0.3 is 10.4 Å². The Balaban J connectivity index is 2.27. The number of nitrogens with zero attached hydrogens (tertiary/aromatic N) is 3. The number of rotatable bonds is 3. The smallest absolute Gasteiger partial charge is 0.0842 e. The molecule has 11 heavy (non-hydrogen) atoms. The summed E-state index contributed by atoms with van der Waals surface area (Å²) in [7, 11) is 0. The number of thioether (sulfide) groups is 1. The third kappa shape index (κ3) is 2.59. The topological polar surface area (TPSA) is 81.0 Å². The fraction of sp³-hybridized carbons (Fsp3) is 1.00. The van der Waals surface area contributed by atoms with E-state index in [1.165, 1.54) is 0 Å². The molecule has 1 heterocycles. The van der Waals surface area contributed by atoms with Crippen LogP contribution in [0.15, 0.2) is 5.11 Å². The Kier molecular flexibility index (Phi) is 3.51. The van der Waals surface area contributed by atoms with E-state index < -0.39 is 6.10 Å². The molecule has 62 valence electrons. The number of aliphatic hydroxyl groups excluding tert-OH is 1. The molecule has 5 nitrogen and oxygen atoms in total. The SMILES string of the molecule is [N-]=[N+]=NC[C@@H](O)C1NCCS1. The van der Waals surface area contributed by atoms with Crippen LogP contribution in [0, 0.1) is 0 Å². The van der Waals surface area contributed by atoms with Gasteiger partial charge in [0.15, 0.2) is 0 Å². The second-order valence-electron chi connectivity index (χ2n) is 2.23. The average Bonchev–Trinajstić information content (AvgIpc) is 2.52. The highest BCUT2D eigenvalue weighted by Gasteiger charge is 2.21. The largest absolute Gasteiger partial charge is 0.390 e. The van der Waals surface area contributed by atoms with E-state index >= 15 is 0 Å². The second kappa shape index (κ2) is 4.46. The maximum absolute atomic E-state index is 9.33. The maximum Gasteiger partial charge on any atom is 0.0842 e. The van der Waals surface area contributed by atoms with Gasteiger partial charge in [0, 0.05) is 17.2 Å². The maximum atomic E-state index is 9.33. The molecule has 0 aromatic heterocycles. The van der Waals surface area contributed by atoms with Gasteiger partial charge in [-0.05, 0) is 5.53 Å². The zero-order chi connectivity index (χ0) is 8.10. The summed E-state index contributed by atoms with van der Waals surface area (Å²) in [5.41, 5.74) is 7.98. The predicted octanol–water partition coefficient (Wildman–Crippen LogP) is 0.320. The van der Waals surface area contributed by atoms with E-state index in [4.69, 9.17) is 5.53 Å². The zero-order valence-electron chi connectivity index (χ0n) is 5.97. The molecule has 1 aliphatic rings. The van der Waals surface area contributed by atoms with Crippen molar-refractivity contribution in [2.24, 2.45) is 5.11 Å². The summed E-state index contributed by atoms with van der Waals surface area (Å²) in [5, 5.41) is 15.8. The van der Waals surface area contributed by atoms with Crippen LogP contribution in [-0.4, -0.2) is 35.4 Å². The lowest BCUT2D eigenvalue weighted by Crippen LogP contribution is -2.34. The zero-order valence-corrected chi connectivity index (χ0v) is 6.79. The third-order valence-corrected chi connectivity index (χ3v) is 2.71. The lowest BCUT2D eigenvalue weighted by molar-refractivity contribution is 0.171. The fourth-order valence-electron chi connectivity index (χ4n) is 0.909. The molecule has 6 heteroatoms. The minimum atomic E-state index is -0.557. The van der Waals surface area contributed by atoms with Crippen molar-refractivity contribution >= 4 is 11.8 Å². The number of nitrogens with one attached hydrogen (secondary N) is 1. The van der Waals surface area contributed by atoms with Crippen LogP contribution in [0.3, 0.4) is 0 Å². The molecule has 0 aromatic carbocycles. The van der Waals surface area contributed by atoms with E-state index in [9.17, 15) is 5.11 Å². The highest BCUT2D eigenvalue weighted by Crippen LogP contribution is 2.17. The lowest BCUT2D eigenvalue weighted by Gasteiger charge is -2.14. The van der Waals surface area contributed by atoms with Crippen molar-refractivity contribution in [2.45, 2.75) is 11.5 Å². The summed E-state index contributed by atoms with van der Waals surface area (Å²) in [6.45, 7) is 1.07. The Labute approximate surface area is 68.8 Å². The third-order valence-electron chi connectivity index (χ3n) is 1.43. The highest BCUT2D eigenvalue weighted by molar-refractivity contribution is 8.00. The van der Waals surface area contributed by atoms with Gasteiger partial charge in [0.2, 0.25) is 0 Å². The molecule has 1 rings (SSSR count). The first kappa shape index (κ1) is 8.67. The van der Waals surface area contributed by atoms with Crippen LogP contribution in [0.5, 0.6) is 0 Å². The molecule has 0 radical (unpaired) electrons. The molecule has 2 N–H and O–H groups in total. The molecular weight excluding hydrogens is 164 g/mol. The van der Waals surface area contributed by atoms with Crippen molar-refractivity contribution in [3.8, 4) is 0 Å². The van der Waals surface area contributed by atoms with Gasteiger partial charge in [0.1, 0.15) is 0 Å². The van der Waals surface area contributed by atoms with Crippen molar-refractivity contribution in [3.63, 3.8) is 0 Å². The highest BCUT2D eigenvalue weighted by atomic mass is 32.2. The van der Waals surface area contributed by atoms with Crippen LogP contribution in [0.25, 0.3) is 10.4 Å². The summed E-state index contributed by atoms with van der Waals surface area (Å²) >= 11 is 1.66. The van der Waals surface area contributed by atoms with Gasteiger partial charge in [0.25, 0.3) is 0 Å². The van der Waals surface area contributed by atoms with E-state index in [0.717, 1.165) is 12.3 Å². The van der Waals surface area contributed by atoms with Crippen LogP contribution in [-0.2, 0) is 0 Å². The first-order valence-corrected chi connectivity index (χ1v) is 4.43. The second-order valence-corrected chi connectivity index (χ2v) is 3.48. The number of hydrogen-bond acceptors (Lipinski definition) is 4. The van der Waals surface area contributed by atoms with Crippen LogP contribution >= 0.6 is 11.8 Å². The lowest BCUT2D eigenvalue weighted by atomic mass is 10.3. The minimum Gasteiger partial charge on any atom is -0.390 e. The first-order valence-electron chi connectivity index (χ1n) is 3.38. The minimum absolute atomic E-state index is 0.0421. The molecule has 0 spiro atoms. The average molecular weight is 174 g/mol. The normalized spacial score (nSPS) is 26.1. The van der Waals surface area contributed by atoms with Gasteiger partial charge in [-0.25, -0.2) is 0 Å². The van der Waals surface area contributed by atoms with Crippen molar-refractivity contribution in [3.05, 3.63) is 10.4 Å². The van der Waals surface area contributed by atoms with Gasteiger partial charge in [-0.1, -0.05) is 5.11 Å². The van der Waals surface area contributed by atoms with Gasteiger partial charge >= 0.3 is 0 Å². The molecule has 1 fully saturated rings. The summed E-state index contributed by atoms with van der Waals surface area (Å²) in [4.78, 5) is 2.58. The monoisotopic (exact) mass is 174 g/mol. The van der Waals surface area contributed by atoms with Crippen molar-refractivity contribution in [2.75, 3.05) is 18.8 Å². The van der Waals surface area contributed by atoms with Gasteiger partial charge in [-0.15, -0.1) is 11.8 Å². The fourth-order valence-corrected chi connectivity index (χ4v) is 1.94. The summed E-state index contributed by atoms with van der Waals surface area (Å²) in [6.07, 6.45) is -0.557. The molecule has 2 atom stereocenters. The Morgan fingerprint density at radius 2 is 2.73 bits per heavy atom. The Hall–Kier alpha value is -0.420. The quantitative estimate of drug-likeness (QED) is 0.367. The van der Waals surface area contributed by atoms with Crippen LogP contribution < -0.4 is 5.32 Å². The van der Waals surface area contributed by atoms with E-state index in [1.54, 1.807) is 11.8 Å². The van der Waals surface area contributed by atoms with Crippen molar-refractivity contribution < 1.29 is 5.11 Å². The van der Waals surface area contributed by atoms with E-state index in [2.05, 4.69) is 15.3 Å². The number of azide groups is 1. The Bertz CT molecular complexity index is 164. The van der Waals surface area contributed by atoms with Crippen LogP contribution in [0.4, 0.5) is 0 Å². The van der Waals surface area contributed by atoms with E-state index in [1.807, 2.05) is 0 Å². The van der Waals surface area contributed by atoms with E-state index in [-0.39, 0.29) is 11.9 Å². The molecular formula is C5H10N4OS. The van der Waals surface area contributed by atoms with Gasteiger partial charge in [0.05, 0.1) is 18.0 Å². The number of hydrogen-bond donors (Lipinski definition) is 2.